The average molecular weight is 317 g/mol. The van der Waals surface area contributed by atoms with Crippen LogP contribution >= 0.6 is 0 Å². The Labute approximate surface area is 136 Å². The molecule has 0 bridgehead atoms. The van der Waals surface area contributed by atoms with E-state index in [-0.39, 0.29) is 17.9 Å². The minimum atomic E-state index is -0.0722. The van der Waals surface area contributed by atoms with E-state index in [9.17, 15) is 9.59 Å². The predicted octanol–water partition coefficient (Wildman–Crippen LogP) is 1.28. The highest BCUT2D eigenvalue weighted by Gasteiger charge is 2.27. The van der Waals surface area contributed by atoms with Crippen molar-refractivity contribution in [3.05, 3.63) is 36.4 Å². The molecule has 6 heteroatoms. The maximum absolute atomic E-state index is 12.1. The van der Waals surface area contributed by atoms with Gasteiger partial charge in [0.1, 0.15) is 12.4 Å². The Morgan fingerprint density at radius 2 is 2.22 bits per heavy atom. The van der Waals surface area contributed by atoms with Gasteiger partial charge in [-0.05, 0) is 18.2 Å². The van der Waals surface area contributed by atoms with Gasteiger partial charge in [-0.3, -0.25) is 9.59 Å². The lowest BCUT2D eigenvalue weighted by Crippen LogP contribution is -2.44. The molecule has 0 radical (unpaired) electrons. The van der Waals surface area contributed by atoms with Crippen LogP contribution in [0, 0.1) is 0 Å². The fourth-order valence-corrected chi connectivity index (χ4v) is 2.47. The normalized spacial score (nSPS) is 16.1. The second-order valence-corrected chi connectivity index (χ2v) is 5.75. The summed E-state index contributed by atoms with van der Waals surface area (Å²) in [4.78, 5) is 27.5. The third-order valence-corrected chi connectivity index (χ3v) is 3.84. The summed E-state index contributed by atoms with van der Waals surface area (Å²) in [6.07, 6.45) is 1.98. The summed E-state index contributed by atoms with van der Waals surface area (Å²) in [5, 5.41) is 2.77. The van der Waals surface area contributed by atoms with E-state index in [1.54, 1.807) is 32.3 Å². The highest BCUT2D eigenvalue weighted by atomic mass is 16.5. The number of anilines is 1. The zero-order chi connectivity index (χ0) is 17.0. The number of hydrogen-bond acceptors (Lipinski definition) is 4. The Balaban J connectivity index is 2.16. The predicted molar refractivity (Wildman–Crippen MR) is 90.0 cm³/mol. The first kappa shape index (κ1) is 16.9. The highest BCUT2D eigenvalue weighted by Crippen LogP contribution is 2.34. The van der Waals surface area contributed by atoms with E-state index in [2.05, 4.69) is 11.9 Å². The molecule has 2 rings (SSSR count). The second-order valence-electron chi connectivity index (χ2n) is 5.75. The molecule has 0 saturated heterocycles. The van der Waals surface area contributed by atoms with Crippen LogP contribution in [0.5, 0.6) is 5.75 Å². The van der Waals surface area contributed by atoms with Gasteiger partial charge in [0.15, 0.2) is 0 Å². The fourth-order valence-electron chi connectivity index (χ4n) is 2.47. The van der Waals surface area contributed by atoms with Gasteiger partial charge >= 0.3 is 0 Å². The summed E-state index contributed by atoms with van der Waals surface area (Å²) in [6, 6.07) is 5.30. The molecule has 0 aromatic heterocycles. The Morgan fingerprint density at radius 3 is 2.87 bits per heavy atom. The molecule has 1 aromatic carbocycles. The first-order valence-electron chi connectivity index (χ1n) is 7.53. The van der Waals surface area contributed by atoms with Crippen molar-refractivity contribution in [3.8, 4) is 5.75 Å². The molecular weight excluding hydrogens is 294 g/mol. The molecular formula is C17H23N3O3. The summed E-state index contributed by atoms with van der Waals surface area (Å²) in [5.41, 5.74) is 1.42. The van der Waals surface area contributed by atoms with Gasteiger partial charge in [-0.25, -0.2) is 0 Å². The van der Waals surface area contributed by atoms with Crippen LogP contribution in [0.1, 0.15) is 16.8 Å². The monoisotopic (exact) mass is 317 g/mol. The van der Waals surface area contributed by atoms with Crippen LogP contribution in [-0.2, 0) is 4.79 Å². The van der Waals surface area contributed by atoms with Gasteiger partial charge in [0.25, 0.3) is 5.91 Å². The van der Waals surface area contributed by atoms with Crippen LogP contribution in [0.25, 0.3) is 0 Å². The standard InChI is InChI=1S/C17H23N3O3/c1-5-8-18-16(21)10-13-11-23-15-7-6-12(17(22)19(2)3)9-14(15)20(13)4/h5-7,9,13H,1,8,10-11H2,2-4H3,(H,18,21)/t13-/m1/s1. The number of hydrogen-bond donors (Lipinski definition) is 1. The molecule has 2 amide bonds. The molecule has 0 aliphatic carbocycles. The number of nitrogens with zero attached hydrogens (tertiary/aromatic N) is 2. The van der Waals surface area contributed by atoms with Gasteiger partial charge in [-0.15, -0.1) is 6.58 Å². The summed E-state index contributed by atoms with van der Waals surface area (Å²) in [5.74, 6) is 0.618. The van der Waals surface area contributed by atoms with E-state index in [4.69, 9.17) is 4.74 Å². The SMILES string of the molecule is C=CCNC(=O)C[C@@H]1COc2ccc(C(=O)N(C)C)cc2N1C. The number of likely N-dealkylation sites (N-methyl/N-ethyl adjacent to an activating group) is 1. The Hall–Kier alpha value is -2.50. The molecule has 1 aromatic rings. The van der Waals surface area contributed by atoms with Crippen molar-refractivity contribution < 1.29 is 14.3 Å². The van der Waals surface area contributed by atoms with Gasteiger partial charge in [0.05, 0.1) is 18.2 Å². The molecule has 0 unspecified atom stereocenters. The topological polar surface area (TPSA) is 61.9 Å². The molecule has 6 nitrogen and oxygen atoms in total. The van der Waals surface area contributed by atoms with Crippen molar-refractivity contribution in [3.63, 3.8) is 0 Å². The van der Waals surface area contributed by atoms with Gasteiger partial charge in [-0.1, -0.05) is 6.08 Å². The summed E-state index contributed by atoms with van der Waals surface area (Å²) in [7, 11) is 5.35. The van der Waals surface area contributed by atoms with Crippen molar-refractivity contribution in [2.45, 2.75) is 12.5 Å². The van der Waals surface area contributed by atoms with E-state index in [1.807, 2.05) is 18.0 Å². The summed E-state index contributed by atoms with van der Waals surface area (Å²) < 4.78 is 5.74. The highest BCUT2D eigenvalue weighted by molar-refractivity contribution is 5.95. The number of nitrogens with one attached hydrogen (secondary N) is 1. The van der Waals surface area contributed by atoms with Crippen molar-refractivity contribution in [1.82, 2.24) is 10.2 Å². The van der Waals surface area contributed by atoms with Gasteiger partial charge in [0, 0.05) is 33.3 Å². The number of fused-ring (bicyclic) bond motifs is 1. The molecule has 0 fully saturated rings. The minimum Gasteiger partial charge on any atom is -0.489 e. The smallest absolute Gasteiger partial charge is 0.253 e. The number of amides is 2. The molecule has 23 heavy (non-hydrogen) atoms. The van der Waals surface area contributed by atoms with Gasteiger partial charge < -0.3 is 19.9 Å². The first-order valence-corrected chi connectivity index (χ1v) is 7.53. The van der Waals surface area contributed by atoms with Gasteiger partial charge in [-0.2, -0.15) is 0 Å². The number of benzene rings is 1. The molecule has 124 valence electrons. The maximum atomic E-state index is 12.1. The molecule has 1 aliphatic heterocycles. The largest absolute Gasteiger partial charge is 0.489 e. The van der Waals surface area contributed by atoms with Crippen LogP contribution in [-0.4, -0.2) is 57.1 Å². The second kappa shape index (κ2) is 7.17. The first-order chi connectivity index (χ1) is 10.9. The molecule has 1 N–H and O–H groups in total. The number of carbonyl (C=O) groups excluding carboxylic acids is 2. The third-order valence-electron chi connectivity index (χ3n) is 3.84. The van der Waals surface area contributed by atoms with Crippen LogP contribution in [0.15, 0.2) is 30.9 Å². The van der Waals surface area contributed by atoms with E-state index in [0.29, 0.717) is 25.1 Å². The van der Waals surface area contributed by atoms with Crippen LogP contribution in [0.4, 0.5) is 5.69 Å². The molecule has 1 atom stereocenters. The Kier molecular flexibility index (Phi) is 5.26. The lowest BCUT2D eigenvalue weighted by Gasteiger charge is -2.35. The average Bonchev–Trinajstić information content (AvgIpc) is 2.54. The Bertz CT molecular complexity index is 613. The summed E-state index contributed by atoms with van der Waals surface area (Å²) >= 11 is 0. The van der Waals surface area contributed by atoms with E-state index in [0.717, 1.165) is 11.4 Å². The number of rotatable bonds is 5. The van der Waals surface area contributed by atoms with Crippen LogP contribution < -0.4 is 15.0 Å². The van der Waals surface area contributed by atoms with Crippen molar-refractivity contribution in [2.24, 2.45) is 0 Å². The van der Waals surface area contributed by atoms with Crippen LogP contribution in [0.3, 0.4) is 0 Å². The number of carbonyl (C=O) groups is 2. The lowest BCUT2D eigenvalue weighted by atomic mass is 10.1. The number of ether oxygens (including phenoxy) is 1. The van der Waals surface area contributed by atoms with Crippen LogP contribution in [0.2, 0.25) is 0 Å². The molecule has 1 heterocycles. The van der Waals surface area contributed by atoms with Crippen molar-refractivity contribution in [1.29, 1.82) is 0 Å². The van der Waals surface area contributed by atoms with Crippen molar-refractivity contribution >= 4 is 17.5 Å². The lowest BCUT2D eigenvalue weighted by molar-refractivity contribution is -0.121. The fraction of sp³-hybridized carbons (Fsp3) is 0.412. The van der Waals surface area contributed by atoms with E-state index in [1.165, 1.54) is 4.90 Å². The molecule has 1 aliphatic rings. The zero-order valence-electron chi connectivity index (χ0n) is 13.8. The minimum absolute atomic E-state index is 0.0469. The Morgan fingerprint density at radius 1 is 1.48 bits per heavy atom. The van der Waals surface area contributed by atoms with E-state index < -0.39 is 0 Å². The third kappa shape index (κ3) is 3.83. The molecule has 0 spiro atoms. The van der Waals surface area contributed by atoms with E-state index >= 15 is 0 Å². The van der Waals surface area contributed by atoms with Gasteiger partial charge in [0.2, 0.25) is 5.91 Å². The molecule has 0 saturated carbocycles. The van der Waals surface area contributed by atoms with Crippen molar-refractivity contribution in [2.75, 3.05) is 39.2 Å². The quantitative estimate of drug-likeness (QED) is 0.831. The zero-order valence-corrected chi connectivity index (χ0v) is 13.8. The maximum Gasteiger partial charge on any atom is 0.253 e. The summed E-state index contributed by atoms with van der Waals surface area (Å²) in [6.45, 7) is 4.47.